The molecular formula is C22H19F4N5O4S. The largest absolute Gasteiger partial charge is 0.435 e. The Morgan fingerprint density at radius 1 is 1.06 bits per heavy atom. The van der Waals surface area contributed by atoms with E-state index in [0.717, 1.165) is 19.2 Å². The summed E-state index contributed by atoms with van der Waals surface area (Å²) in [4.78, 5) is 13.0. The second-order valence-corrected chi connectivity index (χ2v) is 10.4. The number of benzene rings is 1. The lowest BCUT2D eigenvalue weighted by atomic mass is 10.1. The molecule has 0 unspecified atom stereocenters. The van der Waals surface area contributed by atoms with Crippen LogP contribution in [0.2, 0.25) is 0 Å². The van der Waals surface area contributed by atoms with Crippen molar-refractivity contribution in [3.8, 4) is 11.8 Å². The number of hydrogen-bond acceptors (Lipinski definition) is 8. The van der Waals surface area contributed by atoms with Gasteiger partial charge in [-0.05, 0) is 56.5 Å². The molecule has 190 valence electrons. The number of anilines is 1. The highest BCUT2D eigenvalue weighted by Gasteiger charge is 2.47. The summed E-state index contributed by atoms with van der Waals surface area (Å²) in [5.41, 5.74) is -3.72. The van der Waals surface area contributed by atoms with Gasteiger partial charge in [0.2, 0.25) is 5.88 Å². The van der Waals surface area contributed by atoms with Crippen LogP contribution in [0.5, 0.6) is 11.8 Å². The summed E-state index contributed by atoms with van der Waals surface area (Å²) < 4.78 is 83.9. The Labute approximate surface area is 202 Å². The fourth-order valence-corrected chi connectivity index (χ4v) is 4.02. The Bertz CT molecular complexity index is 1470. The first-order valence-electron chi connectivity index (χ1n) is 10.5. The molecule has 0 atom stereocenters. The van der Waals surface area contributed by atoms with Crippen molar-refractivity contribution in [2.24, 2.45) is 0 Å². The van der Waals surface area contributed by atoms with Crippen LogP contribution in [0.4, 0.5) is 23.2 Å². The zero-order valence-corrected chi connectivity index (χ0v) is 20.0. The third kappa shape index (κ3) is 5.12. The molecule has 1 fully saturated rings. The van der Waals surface area contributed by atoms with Crippen molar-refractivity contribution < 1.29 is 35.5 Å². The first kappa shape index (κ1) is 25.4. The molecular weight excluding hydrogens is 506 g/mol. The summed E-state index contributed by atoms with van der Waals surface area (Å²) in [6.45, 7) is 2.55. The Morgan fingerprint density at radius 3 is 2.31 bits per heavy atom. The quantitative estimate of drug-likeness (QED) is 0.472. The molecule has 0 radical (unpaired) electrons. The van der Waals surface area contributed by atoms with Crippen LogP contribution in [0.1, 0.15) is 45.7 Å². The average molecular weight is 525 g/mol. The monoisotopic (exact) mass is 525 g/mol. The van der Waals surface area contributed by atoms with Gasteiger partial charge in [0, 0.05) is 17.5 Å². The maximum absolute atomic E-state index is 14.3. The summed E-state index contributed by atoms with van der Waals surface area (Å²) in [7, 11) is -3.61. The van der Waals surface area contributed by atoms with Crippen LogP contribution in [0.25, 0.3) is 0 Å². The molecule has 14 heteroatoms. The van der Waals surface area contributed by atoms with Crippen molar-refractivity contribution in [1.82, 2.24) is 20.4 Å². The summed E-state index contributed by atoms with van der Waals surface area (Å²) in [5, 5.41) is 16.6. The van der Waals surface area contributed by atoms with Crippen molar-refractivity contribution in [2.75, 3.05) is 11.6 Å². The van der Waals surface area contributed by atoms with Gasteiger partial charge in [0.15, 0.2) is 21.2 Å². The Morgan fingerprint density at radius 2 is 1.72 bits per heavy atom. The molecule has 0 spiro atoms. The average Bonchev–Trinajstić information content (AvgIpc) is 3.52. The van der Waals surface area contributed by atoms with Gasteiger partial charge in [-0.25, -0.2) is 12.8 Å². The van der Waals surface area contributed by atoms with Crippen LogP contribution >= 0.6 is 0 Å². The molecule has 4 rings (SSSR count). The molecule has 2 heterocycles. The Balaban J connectivity index is 1.73. The highest BCUT2D eigenvalue weighted by molar-refractivity contribution is 7.90. The zero-order chi connectivity index (χ0) is 26.5. The number of nitrogens with zero attached hydrogens (tertiary/aromatic N) is 4. The number of carbonyl (C=O) groups is 1. The third-order valence-electron chi connectivity index (χ3n) is 5.48. The summed E-state index contributed by atoms with van der Waals surface area (Å²) in [6.07, 6.45) is -3.35. The number of amides is 1. The van der Waals surface area contributed by atoms with Gasteiger partial charge < -0.3 is 10.1 Å². The minimum Gasteiger partial charge on any atom is -0.416 e. The molecule has 2 aromatic heterocycles. The molecule has 1 N–H and O–H groups in total. The maximum Gasteiger partial charge on any atom is 0.435 e. The predicted molar refractivity (Wildman–Crippen MR) is 118 cm³/mol. The molecule has 0 bridgehead atoms. The molecule has 0 aliphatic heterocycles. The van der Waals surface area contributed by atoms with E-state index in [9.17, 15) is 30.8 Å². The van der Waals surface area contributed by atoms with Crippen molar-refractivity contribution in [3.05, 3.63) is 58.4 Å². The predicted octanol–water partition coefficient (Wildman–Crippen LogP) is 4.31. The van der Waals surface area contributed by atoms with E-state index >= 15 is 0 Å². The van der Waals surface area contributed by atoms with E-state index in [0.29, 0.717) is 18.4 Å². The van der Waals surface area contributed by atoms with Crippen molar-refractivity contribution in [1.29, 1.82) is 0 Å². The Kier molecular flexibility index (Phi) is 6.19. The van der Waals surface area contributed by atoms with E-state index in [-0.39, 0.29) is 22.2 Å². The highest BCUT2D eigenvalue weighted by Crippen LogP contribution is 2.49. The van der Waals surface area contributed by atoms with Gasteiger partial charge in [-0.15, -0.1) is 20.4 Å². The first-order chi connectivity index (χ1) is 16.7. The van der Waals surface area contributed by atoms with E-state index in [2.05, 4.69) is 25.7 Å². The maximum atomic E-state index is 14.3. The number of hydrogen-bond donors (Lipinski definition) is 1. The minimum atomic E-state index is -4.92. The number of halogens is 4. The zero-order valence-electron chi connectivity index (χ0n) is 19.1. The van der Waals surface area contributed by atoms with Crippen LogP contribution in [0.15, 0.2) is 35.2 Å². The Hall–Kier alpha value is -3.68. The van der Waals surface area contributed by atoms with Crippen molar-refractivity contribution >= 4 is 21.4 Å². The van der Waals surface area contributed by atoms with E-state index in [4.69, 9.17) is 4.74 Å². The second kappa shape index (κ2) is 8.76. The topological polar surface area (TPSA) is 124 Å². The lowest BCUT2D eigenvalue weighted by Gasteiger charge is -2.16. The van der Waals surface area contributed by atoms with Gasteiger partial charge in [-0.3, -0.25) is 4.79 Å². The van der Waals surface area contributed by atoms with Crippen LogP contribution in [0, 0.1) is 13.8 Å². The standard InChI is InChI=1S/C22H19F4N5O4S/c1-11-9-15(21(23)7-8-21)28-30-19(11)35-20-16(12(2)17(29-31-20)22(24,25)26)18(32)27-13-5-4-6-14(10-13)36(3,33)34/h4-6,9-10H,7-8H2,1-3H3,(H,27,32). The molecule has 1 aliphatic rings. The van der Waals surface area contributed by atoms with E-state index in [1.807, 2.05) is 0 Å². The van der Waals surface area contributed by atoms with Crippen LogP contribution in [-0.4, -0.2) is 41.0 Å². The van der Waals surface area contributed by atoms with Crippen LogP contribution in [-0.2, 0) is 21.7 Å². The molecule has 3 aromatic rings. The molecule has 36 heavy (non-hydrogen) atoms. The van der Waals surface area contributed by atoms with Crippen LogP contribution in [0.3, 0.4) is 0 Å². The molecule has 1 amide bonds. The van der Waals surface area contributed by atoms with Crippen molar-refractivity contribution in [3.63, 3.8) is 0 Å². The van der Waals surface area contributed by atoms with Gasteiger partial charge in [-0.1, -0.05) is 6.07 Å². The molecule has 1 aliphatic carbocycles. The van der Waals surface area contributed by atoms with Gasteiger partial charge >= 0.3 is 6.18 Å². The molecule has 0 saturated heterocycles. The van der Waals surface area contributed by atoms with Gasteiger partial charge in [0.25, 0.3) is 11.8 Å². The molecule has 9 nitrogen and oxygen atoms in total. The second-order valence-electron chi connectivity index (χ2n) is 8.39. The van der Waals surface area contributed by atoms with Gasteiger partial charge in [-0.2, -0.15) is 13.2 Å². The van der Waals surface area contributed by atoms with E-state index < -0.39 is 50.3 Å². The fourth-order valence-electron chi connectivity index (χ4n) is 3.36. The van der Waals surface area contributed by atoms with Crippen molar-refractivity contribution in [2.45, 2.75) is 43.4 Å². The number of ether oxygens (including phenoxy) is 1. The summed E-state index contributed by atoms with van der Waals surface area (Å²) >= 11 is 0. The number of nitrogens with one attached hydrogen (secondary N) is 1. The normalized spacial score (nSPS) is 14.9. The third-order valence-corrected chi connectivity index (χ3v) is 6.59. The number of aryl methyl sites for hydroxylation is 1. The summed E-state index contributed by atoms with van der Waals surface area (Å²) in [6, 6.07) is 6.58. The number of alkyl halides is 4. The lowest BCUT2D eigenvalue weighted by molar-refractivity contribution is -0.142. The molecule has 1 aromatic carbocycles. The number of carbonyl (C=O) groups excluding carboxylic acids is 1. The summed E-state index contributed by atoms with van der Waals surface area (Å²) in [5.74, 6) is -1.86. The van der Waals surface area contributed by atoms with Gasteiger partial charge in [0.1, 0.15) is 11.3 Å². The number of sulfone groups is 1. The minimum absolute atomic E-state index is 0.0108. The lowest BCUT2D eigenvalue weighted by Crippen LogP contribution is -2.21. The van der Waals surface area contributed by atoms with Crippen LogP contribution < -0.4 is 10.1 Å². The van der Waals surface area contributed by atoms with E-state index in [1.165, 1.54) is 31.2 Å². The molecule has 1 saturated carbocycles. The SMILES string of the molecule is Cc1cc(C2(F)CC2)nnc1Oc1nnc(C(F)(F)F)c(C)c1C(=O)Nc1cccc(S(C)(=O)=O)c1. The fraction of sp³-hybridized carbons (Fsp3) is 0.318. The highest BCUT2D eigenvalue weighted by atomic mass is 32.2. The number of rotatable bonds is 6. The smallest absolute Gasteiger partial charge is 0.416 e. The first-order valence-corrected chi connectivity index (χ1v) is 12.4. The van der Waals surface area contributed by atoms with Gasteiger partial charge in [0.05, 0.1) is 4.90 Å². The van der Waals surface area contributed by atoms with E-state index in [1.54, 1.807) is 0 Å². The number of aromatic nitrogens is 4.